The molecule has 1 saturated heterocycles. The average molecular weight is 259 g/mol. The van der Waals surface area contributed by atoms with Crippen molar-refractivity contribution in [3.63, 3.8) is 0 Å². The molecule has 1 aliphatic rings. The van der Waals surface area contributed by atoms with Gasteiger partial charge in [-0.2, -0.15) is 5.26 Å². The van der Waals surface area contributed by atoms with Gasteiger partial charge in [-0.1, -0.05) is 0 Å². The number of amides is 2. The van der Waals surface area contributed by atoms with Gasteiger partial charge in [0.15, 0.2) is 0 Å². The Morgan fingerprint density at radius 2 is 2.42 bits per heavy atom. The molecule has 0 radical (unpaired) electrons. The summed E-state index contributed by atoms with van der Waals surface area (Å²) in [6.07, 6.45) is 5.09. The molecule has 2 amide bonds. The summed E-state index contributed by atoms with van der Waals surface area (Å²) in [5, 5.41) is 11.7. The molecule has 0 spiro atoms. The predicted octanol–water partition coefficient (Wildman–Crippen LogP) is 1.23. The summed E-state index contributed by atoms with van der Waals surface area (Å²) in [7, 11) is 0. The van der Waals surface area contributed by atoms with Crippen LogP contribution in [-0.4, -0.2) is 34.0 Å². The van der Waals surface area contributed by atoms with Crippen LogP contribution < -0.4 is 5.32 Å². The first-order valence-corrected chi connectivity index (χ1v) is 6.39. The third-order valence-electron chi connectivity index (χ3n) is 3.15. The van der Waals surface area contributed by atoms with Crippen molar-refractivity contribution in [2.75, 3.05) is 13.1 Å². The zero-order chi connectivity index (χ0) is 13.7. The van der Waals surface area contributed by atoms with E-state index in [1.165, 1.54) is 0 Å². The Hall–Kier alpha value is -2.16. The van der Waals surface area contributed by atoms with Crippen LogP contribution in [-0.2, 0) is 6.54 Å². The summed E-state index contributed by atoms with van der Waals surface area (Å²) in [6, 6.07) is 2.09. The minimum absolute atomic E-state index is 0.0429. The topological polar surface area (TPSA) is 81.9 Å². The van der Waals surface area contributed by atoms with E-state index in [1.807, 2.05) is 6.92 Å². The van der Waals surface area contributed by atoms with Crippen LogP contribution in [0.3, 0.4) is 0 Å². The van der Waals surface area contributed by atoms with Crippen molar-refractivity contribution in [3.8, 4) is 6.07 Å². The summed E-state index contributed by atoms with van der Waals surface area (Å²) in [5.41, 5.74) is 1.58. The van der Waals surface area contributed by atoms with Crippen LogP contribution in [0.25, 0.3) is 0 Å². The third-order valence-corrected chi connectivity index (χ3v) is 3.15. The van der Waals surface area contributed by atoms with Crippen LogP contribution in [0, 0.1) is 24.2 Å². The minimum Gasteiger partial charge on any atom is -0.332 e. The minimum atomic E-state index is -0.137. The maximum atomic E-state index is 12.0. The van der Waals surface area contributed by atoms with Crippen molar-refractivity contribution in [1.82, 2.24) is 20.2 Å². The lowest BCUT2D eigenvalue weighted by atomic mass is 10.0. The van der Waals surface area contributed by atoms with Gasteiger partial charge >= 0.3 is 6.03 Å². The number of nitriles is 1. The van der Waals surface area contributed by atoms with Gasteiger partial charge in [0.25, 0.3) is 0 Å². The summed E-state index contributed by atoms with van der Waals surface area (Å²) < 4.78 is 0. The molecule has 6 heteroatoms. The van der Waals surface area contributed by atoms with Crippen molar-refractivity contribution >= 4 is 6.03 Å². The van der Waals surface area contributed by atoms with Gasteiger partial charge in [0.05, 0.1) is 36.1 Å². The second kappa shape index (κ2) is 6.14. The van der Waals surface area contributed by atoms with Crippen molar-refractivity contribution in [3.05, 3.63) is 23.8 Å². The number of likely N-dealkylation sites (tertiary alicyclic amines) is 1. The van der Waals surface area contributed by atoms with Crippen molar-refractivity contribution in [1.29, 1.82) is 5.26 Å². The van der Waals surface area contributed by atoms with Gasteiger partial charge in [0, 0.05) is 19.3 Å². The monoisotopic (exact) mass is 259 g/mol. The quantitative estimate of drug-likeness (QED) is 0.866. The number of carbonyl (C=O) groups excluding carboxylic acids is 1. The van der Waals surface area contributed by atoms with Crippen LogP contribution in [0.2, 0.25) is 0 Å². The highest BCUT2D eigenvalue weighted by Crippen LogP contribution is 2.15. The molecule has 6 nitrogen and oxygen atoms in total. The molecule has 1 fully saturated rings. The average Bonchev–Trinajstić information content (AvgIpc) is 2.46. The van der Waals surface area contributed by atoms with E-state index in [-0.39, 0.29) is 11.9 Å². The van der Waals surface area contributed by atoms with Gasteiger partial charge in [0.1, 0.15) is 0 Å². The Labute approximate surface area is 112 Å². The number of nitrogens with zero attached hydrogens (tertiary/aromatic N) is 4. The van der Waals surface area contributed by atoms with E-state index in [4.69, 9.17) is 5.26 Å². The molecule has 0 bridgehead atoms. The number of aryl methyl sites for hydroxylation is 1. The van der Waals surface area contributed by atoms with E-state index in [0.29, 0.717) is 19.6 Å². The SMILES string of the molecule is Cc1cnc(CNC(=O)N2CCCC(C#N)C2)cn1. The maximum absolute atomic E-state index is 12.0. The smallest absolute Gasteiger partial charge is 0.317 e. The number of piperidine rings is 1. The van der Waals surface area contributed by atoms with Gasteiger partial charge in [0.2, 0.25) is 0 Å². The molecular formula is C13H17N5O. The zero-order valence-corrected chi connectivity index (χ0v) is 11.0. The summed E-state index contributed by atoms with van der Waals surface area (Å²) in [5.74, 6) is -0.0429. The molecule has 2 heterocycles. The Morgan fingerprint density at radius 1 is 1.58 bits per heavy atom. The Balaban J connectivity index is 1.84. The molecule has 2 rings (SSSR count). The Morgan fingerprint density at radius 3 is 3.11 bits per heavy atom. The molecule has 0 saturated carbocycles. The number of urea groups is 1. The summed E-state index contributed by atoms with van der Waals surface area (Å²) >= 11 is 0. The largest absolute Gasteiger partial charge is 0.332 e. The molecule has 0 aromatic carbocycles. The molecule has 1 N–H and O–H groups in total. The lowest BCUT2D eigenvalue weighted by Crippen LogP contribution is -2.45. The first-order chi connectivity index (χ1) is 9.19. The first kappa shape index (κ1) is 13.3. The Kier molecular flexibility index (Phi) is 4.29. The van der Waals surface area contributed by atoms with Crippen LogP contribution in [0.1, 0.15) is 24.2 Å². The lowest BCUT2D eigenvalue weighted by molar-refractivity contribution is 0.176. The predicted molar refractivity (Wildman–Crippen MR) is 68.9 cm³/mol. The highest BCUT2D eigenvalue weighted by molar-refractivity contribution is 5.74. The Bertz CT molecular complexity index is 479. The van der Waals surface area contributed by atoms with Crippen LogP contribution >= 0.6 is 0 Å². The molecule has 1 atom stereocenters. The number of hydrogen-bond donors (Lipinski definition) is 1. The van der Waals surface area contributed by atoms with Gasteiger partial charge in [-0.3, -0.25) is 9.97 Å². The van der Waals surface area contributed by atoms with Crippen LogP contribution in [0.15, 0.2) is 12.4 Å². The molecule has 100 valence electrons. The second-order valence-corrected chi connectivity index (χ2v) is 4.72. The molecule has 1 aliphatic heterocycles. The molecule has 0 aliphatic carbocycles. The molecule has 1 aromatic heterocycles. The van der Waals surface area contributed by atoms with Gasteiger partial charge in [-0.25, -0.2) is 4.79 Å². The van der Waals surface area contributed by atoms with Crippen molar-refractivity contribution < 1.29 is 4.79 Å². The van der Waals surface area contributed by atoms with Gasteiger partial charge < -0.3 is 10.2 Å². The highest BCUT2D eigenvalue weighted by Gasteiger charge is 2.23. The van der Waals surface area contributed by atoms with E-state index in [2.05, 4.69) is 21.4 Å². The molecule has 19 heavy (non-hydrogen) atoms. The van der Waals surface area contributed by atoms with Crippen LogP contribution in [0.5, 0.6) is 0 Å². The zero-order valence-electron chi connectivity index (χ0n) is 11.0. The van der Waals surface area contributed by atoms with Crippen molar-refractivity contribution in [2.24, 2.45) is 5.92 Å². The fourth-order valence-corrected chi connectivity index (χ4v) is 2.06. The molecular weight excluding hydrogens is 242 g/mol. The summed E-state index contributed by atoms with van der Waals surface area (Å²) in [6.45, 7) is 3.45. The fraction of sp³-hybridized carbons (Fsp3) is 0.538. The highest BCUT2D eigenvalue weighted by atomic mass is 16.2. The van der Waals surface area contributed by atoms with E-state index >= 15 is 0 Å². The van der Waals surface area contributed by atoms with E-state index in [1.54, 1.807) is 17.3 Å². The van der Waals surface area contributed by atoms with E-state index in [0.717, 1.165) is 24.2 Å². The number of carbonyl (C=O) groups is 1. The van der Waals surface area contributed by atoms with Crippen LogP contribution in [0.4, 0.5) is 4.79 Å². The number of aromatic nitrogens is 2. The standard InChI is InChI=1S/C13H17N5O/c1-10-6-16-12(7-15-10)8-17-13(19)18-4-2-3-11(5-14)9-18/h6-7,11H,2-4,8-9H2,1H3,(H,17,19). The number of hydrogen-bond acceptors (Lipinski definition) is 4. The molecule has 1 unspecified atom stereocenters. The first-order valence-electron chi connectivity index (χ1n) is 6.39. The number of nitrogens with one attached hydrogen (secondary N) is 1. The summed E-state index contributed by atoms with van der Waals surface area (Å²) in [4.78, 5) is 22.0. The fourth-order valence-electron chi connectivity index (χ4n) is 2.06. The lowest BCUT2D eigenvalue weighted by Gasteiger charge is -2.29. The maximum Gasteiger partial charge on any atom is 0.317 e. The van der Waals surface area contributed by atoms with Crippen molar-refractivity contribution in [2.45, 2.75) is 26.3 Å². The third kappa shape index (κ3) is 3.65. The van der Waals surface area contributed by atoms with Gasteiger partial charge in [-0.15, -0.1) is 0 Å². The van der Waals surface area contributed by atoms with E-state index in [9.17, 15) is 4.79 Å². The molecule has 1 aromatic rings. The normalized spacial score (nSPS) is 18.7. The second-order valence-electron chi connectivity index (χ2n) is 4.72. The van der Waals surface area contributed by atoms with E-state index < -0.39 is 0 Å². The number of rotatable bonds is 2. The van der Waals surface area contributed by atoms with Gasteiger partial charge in [-0.05, 0) is 19.8 Å².